The van der Waals surface area contributed by atoms with Gasteiger partial charge in [-0.05, 0) is 12.5 Å². The second-order valence-electron chi connectivity index (χ2n) is 4.41. The molecule has 0 saturated carbocycles. The van der Waals surface area contributed by atoms with Gasteiger partial charge in [-0.15, -0.1) is 0 Å². The van der Waals surface area contributed by atoms with Crippen LogP contribution in [0.15, 0.2) is 23.8 Å². The predicted molar refractivity (Wildman–Crippen MR) is 66.8 cm³/mol. The van der Waals surface area contributed by atoms with E-state index in [4.69, 9.17) is 17.0 Å². The van der Waals surface area contributed by atoms with Crippen LogP contribution in [0.5, 0.6) is 0 Å². The van der Waals surface area contributed by atoms with Crippen LogP contribution in [-0.4, -0.2) is 50.7 Å². The van der Waals surface area contributed by atoms with Crippen LogP contribution in [0, 0.1) is 0 Å². The molecule has 2 aliphatic rings. The zero-order chi connectivity index (χ0) is 12.6. The fraction of sp³-hybridized carbons (Fsp3) is 0.583. The Morgan fingerprint density at radius 3 is 2.59 bits per heavy atom. The van der Waals surface area contributed by atoms with Gasteiger partial charge in [0.05, 0.1) is 6.10 Å². The van der Waals surface area contributed by atoms with Crippen LogP contribution in [0.25, 0.3) is 0 Å². The molecule has 1 aliphatic heterocycles. The normalized spacial score (nSPS) is 42.5. The topological polar surface area (TPSA) is 69.9 Å². The van der Waals surface area contributed by atoms with E-state index in [1.165, 1.54) is 0 Å². The zero-order valence-corrected chi connectivity index (χ0v) is 10.3. The second kappa shape index (κ2) is 4.96. The molecule has 0 spiro atoms. The average molecular weight is 256 g/mol. The van der Waals surface area contributed by atoms with Crippen molar-refractivity contribution in [3.63, 3.8) is 0 Å². The number of ether oxygens (including phenoxy) is 1. The first-order valence-electron chi connectivity index (χ1n) is 5.62. The van der Waals surface area contributed by atoms with Gasteiger partial charge in [-0.25, -0.2) is 0 Å². The Bertz CT molecular complexity index is 377. The predicted octanol–water partition coefficient (Wildman–Crippen LogP) is 0.113. The fourth-order valence-electron chi connectivity index (χ4n) is 2.12. The average Bonchev–Trinajstić information content (AvgIpc) is 2.32. The Hall–Kier alpha value is -0.590. The molecular weight excluding hydrogens is 240 g/mol. The monoisotopic (exact) mass is 256 g/mol. The summed E-state index contributed by atoms with van der Waals surface area (Å²) in [5, 5.41) is 29.3. The molecule has 5 atom stereocenters. The molecule has 0 aromatic heterocycles. The Labute approximate surface area is 105 Å². The fourth-order valence-corrected chi connectivity index (χ4v) is 2.40. The maximum absolute atomic E-state index is 9.94. The molecule has 0 radical (unpaired) electrons. The molecule has 94 valence electrons. The Morgan fingerprint density at radius 1 is 1.24 bits per heavy atom. The smallest absolute Gasteiger partial charge is 0.113 e. The Morgan fingerprint density at radius 2 is 1.94 bits per heavy atom. The summed E-state index contributed by atoms with van der Waals surface area (Å²) in [6.07, 6.45) is 1.56. The zero-order valence-electron chi connectivity index (χ0n) is 9.48. The standard InChI is InChI=1S/C12H16O4S/c1-6-9(13)10(14)11(15)12(16-6)7-4-2-3-5-8(7)17/h2-4,6,9-15H,5H2,1H3/t6-,9+,10+,11-,12?/m1/s1. The van der Waals surface area contributed by atoms with Gasteiger partial charge in [-0.1, -0.05) is 30.4 Å². The SMILES string of the molecule is C[C@H]1OC(C2=CC=CCC2=S)[C@H](O)[C@@H](O)[C@H]1O. The number of aliphatic hydroxyl groups is 3. The highest BCUT2D eigenvalue weighted by atomic mass is 32.1. The van der Waals surface area contributed by atoms with E-state index in [0.717, 1.165) is 0 Å². The number of allylic oxidation sites excluding steroid dienone is 3. The summed E-state index contributed by atoms with van der Waals surface area (Å²) in [7, 11) is 0. The number of rotatable bonds is 1. The van der Waals surface area contributed by atoms with E-state index in [-0.39, 0.29) is 0 Å². The minimum atomic E-state index is -1.21. The van der Waals surface area contributed by atoms with E-state index in [9.17, 15) is 15.3 Å². The first kappa shape index (κ1) is 12.9. The maximum Gasteiger partial charge on any atom is 0.113 e. The summed E-state index contributed by atoms with van der Waals surface area (Å²) in [6.45, 7) is 1.66. The van der Waals surface area contributed by atoms with E-state index in [1.807, 2.05) is 12.2 Å². The summed E-state index contributed by atoms with van der Waals surface area (Å²) in [6, 6.07) is 0. The molecular formula is C12H16O4S. The van der Waals surface area contributed by atoms with Gasteiger partial charge < -0.3 is 20.1 Å². The Balaban J connectivity index is 2.23. The van der Waals surface area contributed by atoms with Crippen molar-refractivity contribution in [2.24, 2.45) is 0 Å². The molecule has 1 saturated heterocycles. The van der Waals surface area contributed by atoms with E-state index in [1.54, 1.807) is 13.0 Å². The summed E-state index contributed by atoms with van der Waals surface area (Å²) in [5.74, 6) is 0. The molecule has 5 heteroatoms. The van der Waals surface area contributed by atoms with E-state index < -0.39 is 30.5 Å². The van der Waals surface area contributed by atoms with Crippen molar-refractivity contribution in [2.45, 2.75) is 43.9 Å². The van der Waals surface area contributed by atoms with E-state index in [0.29, 0.717) is 16.9 Å². The van der Waals surface area contributed by atoms with Crippen LogP contribution in [0.3, 0.4) is 0 Å². The van der Waals surface area contributed by atoms with Gasteiger partial charge >= 0.3 is 0 Å². The van der Waals surface area contributed by atoms with Gasteiger partial charge in [0, 0.05) is 11.3 Å². The number of aliphatic hydroxyl groups excluding tert-OH is 3. The molecule has 1 heterocycles. The van der Waals surface area contributed by atoms with Crippen molar-refractivity contribution >= 4 is 17.1 Å². The largest absolute Gasteiger partial charge is 0.388 e. The van der Waals surface area contributed by atoms with Gasteiger partial charge in [-0.3, -0.25) is 0 Å². The summed E-state index contributed by atoms with van der Waals surface area (Å²) >= 11 is 5.21. The van der Waals surface area contributed by atoms with E-state index in [2.05, 4.69) is 0 Å². The second-order valence-corrected chi connectivity index (χ2v) is 4.90. The van der Waals surface area contributed by atoms with Crippen molar-refractivity contribution < 1.29 is 20.1 Å². The molecule has 1 fully saturated rings. The minimum Gasteiger partial charge on any atom is -0.388 e. The molecule has 2 rings (SSSR count). The van der Waals surface area contributed by atoms with Crippen molar-refractivity contribution in [1.29, 1.82) is 0 Å². The highest BCUT2D eigenvalue weighted by Crippen LogP contribution is 2.28. The summed E-state index contributed by atoms with van der Waals surface area (Å²) in [5.41, 5.74) is 0.716. The lowest BCUT2D eigenvalue weighted by molar-refractivity contribution is -0.205. The van der Waals surface area contributed by atoms with Crippen LogP contribution in [0.1, 0.15) is 13.3 Å². The van der Waals surface area contributed by atoms with Crippen LogP contribution < -0.4 is 0 Å². The van der Waals surface area contributed by atoms with Crippen molar-refractivity contribution in [2.75, 3.05) is 0 Å². The molecule has 0 aromatic rings. The van der Waals surface area contributed by atoms with Gasteiger partial charge in [-0.2, -0.15) is 0 Å². The van der Waals surface area contributed by atoms with Crippen molar-refractivity contribution in [1.82, 2.24) is 0 Å². The molecule has 0 bridgehead atoms. The lowest BCUT2D eigenvalue weighted by atomic mass is 9.88. The number of thiocarbonyl (C=S) groups is 1. The minimum absolute atomic E-state index is 0.534. The molecule has 0 amide bonds. The number of hydrogen-bond acceptors (Lipinski definition) is 5. The van der Waals surface area contributed by atoms with Crippen LogP contribution >= 0.6 is 12.2 Å². The lowest BCUT2D eigenvalue weighted by Gasteiger charge is -2.40. The maximum atomic E-state index is 9.94. The van der Waals surface area contributed by atoms with E-state index >= 15 is 0 Å². The van der Waals surface area contributed by atoms with Crippen LogP contribution in [-0.2, 0) is 4.74 Å². The van der Waals surface area contributed by atoms with Gasteiger partial charge in [0.2, 0.25) is 0 Å². The van der Waals surface area contributed by atoms with Crippen molar-refractivity contribution in [3.8, 4) is 0 Å². The summed E-state index contributed by atoms with van der Waals surface area (Å²) in [4.78, 5) is 0.701. The van der Waals surface area contributed by atoms with Crippen molar-refractivity contribution in [3.05, 3.63) is 23.8 Å². The first-order chi connectivity index (χ1) is 8.02. The molecule has 1 aliphatic carbocycles. The molecule has 3 N–H and O–H groups in total. The molecule has 1 unspecified atom stereocenters. The molecule has 0 aromatic carbocycles. The molecule has 4 nitrogen and oxygen atoms in total. The van der Waals surface area contributed by atoms with Gasteiger partial charge in [0.15, 0.2) is 0 Å². The highest BCUT2D eigenvalue weighted by Gasteiger charge is 2.43. The Kier molecular flexibility index (Phi) is 3.75. The lowest BCUT2D eigenvalue weighted by Crippen LogP contribution is -2.57. The first-order valence-corrected chi connectivity index (χ1v) is 6.02. The molecule has 17 heavy (non-hydrogen) atoms. The van der Waals surface area contributed by atoms with Gasteiger partial charge in [0.1, 0.15) is 24.4 Å². The van der Waals surface area contributed by atoms with Gasteiger partial charge in [0.25, 0.3) is 0 Å². The third-order valence-corrected chi connectivity index (χ3v) is 3.60. The van der Waals surface area contributed by atoms with Crippen LogP contribution in [0.4, 0.5) is 0 Å². The van der Waals surface area contributed by atoms with Crippen LogP contribution in [0.2, 0.25) is 0 Å². The quantitative estimate of drug-likeness (QED) is 0.581. The highest BCUT2D eigenvalue weighted by molar-refractivity contribution is 7.80. The number of hydrogen-bond donors (Lipinski definition) is 3. The third-order valence-electron chi connectivity index (χ3n) is 3.20. The third kappa shape index (κ3) is 2.34. The summed E-state index contributed by atoms with van der Waals surface area (Å²) < 4.78 is 5.54.